The number of amides is 2. The van der Waals surface area contributed by atoms with Crippen LogP contribution in [0.15, 0.2) is 77.2 Å². The molecular formula is C34H56Cl4N18O2. The van der Waals surface area contributed by atoms with Gasteiger partial charge in [0.15, 0.2) is 0 Å². The summed E-state index contributed by atoms with van der Waals surface area (Å²) in [5, 5.41) is 35.4. The molecule has 0 bridgehead atoms. The average Bonchev–Trinajstić information content (AvgIpc) is 3.15. The minimum atomic E-state index is -0.0546. The van der Waals surface area contributed by atoms with Crippen LogP contribution in [-0.2, 0) is 35.3 Å². The fourth-order valence-corrected chi connectivity index (χ4v) is 4.95. The van der Waals surface area contributed by atoms with E-state index in [-0.39, 0.29) is 61.4 Å². The van der Waals surface area contributed by atoms with Crippen LogP contribution >= 0.6 is 49.6 Å². The van der Waals surface area contributed by atoms with Gasteiger partial charge < -0.3 is 34.0 Å². The fraction of sp³-hybridized carbons (Fsp3) is 0.353. The van der Waals surface area contributed by atoms with Gasteiger partial charge in [-0.05, 0) is 59.4 Å². The van der Waals surface area contributed by atoms with E-state index in [4.69, 9.17) is 23.4 Å². The lowest BCUT2D eigenvalue weighted by Crippen LogP contribution is -2.12. The number of hydrazone groups is 8. The standard InChI is InChI=1S/C34H52N18O2.4ClH/c35-39-23-47-43-13-9-27-17-28(10-14-44-48-24-40-36)20-31(19-27)51-33(53)7-5-3-1-2-4-6-8-34(54)52-32-21-29(11-15-45-49-25-41-37)18-30(22-32)12-16-46-50-26-42-38;;;;/h13-26H,1-12,35-38H2,(H,39,47)(H,40,48)(H,41,49)(H,42,50)(H,51,53)(H,52,54);4*1H. The van der Waals surface area contributed by atoms with Gasteiger partial charge in [0.1, 0.15) is 25.4 Å². The van der Waals surface area contributed by atoms with E-state index in [9.17, 15) is 9.59 Å². The fourth-order valence-electron chi connectivity index (χ4n) is 4.95. The molecule has 0 aliphatic rings. The Morgan fingerprint density at radius 1 is 0.431 bits per heavy atom. The normalized spacial score (nSPS) is 11.2. The van der Waals surface area contributed by atoms with Crippen LogP contribution in [0.25, 0.3) is 0 Å². The molecule has 0 aliphatic carbocycles. The molecule has 0 atom stereocenters. The highest BCUT2D eigenvalue weighted by atomic mass is 35.5. The van der Waals surface area contributed by atoms with Gasteiger partial charge in [0.25, 0.3) is 0 Å². The quantitative estimate of drug-likeness (QED) is 0.0205. The van der Waals surface area contributed by atoms with Crippen LogP contribution in [0, 0.1) is 0 Å². The third kappa shape index (κ3) is 28.7. The van der Waals surface area contributed by atoms with E-state index in [2.05, 4.69) is 73.1 Å². The van der Waals surface area contributed by atoms with Crippen LogP contribution in [0.4, 0.5) is 11.4 Å². The molecule has 0 fully saturated rings. The first-order valence-electron chi connectivity index (χ1n) is 17.3. The van der Waals surface area contributed by atoms with Crippen molar-refractivity contribution in [2.24, 2.45) is 64.2 Å². The van der Waals surface area contributed by atoms with Crippen LogP contribution in [-0.4, -0.2) is 62.0 Å². The summed E-state index contributed by atoms with van der Waals surface area (Å²) in [6.07, 6.45) is 20.0. The van der Waals surface area contributed by atoms with Crippen molar-refractivity contribution in [1.82, 2.24) is 21.7 Å². The van der Waals surface area contributed by atoms with Crippen molar-refractivity contribution >= 4 is 123 Å². The van der Waals surface area contributed by atoms with Crippen molar-refractivity contribution in [3.63, 3.8) is 0 Å². The van der Waals surface area contributed by atoms with Crippen molar-refractivity contribution < 1.29 is 9.59 Å². The zero-order valence-electron chi connectivity index (χ0n) is 31.9. The van der Waals surface area contributed by atoms with Gasteiger partial charge >= 0.3 is 0 Å². The molecule has 0 saturated carbocycles. The Balaban J connectivity index is -0.00000756. The topological polar surface area (TPSA) is 309 Å². The van der Waals surface area contributed by atoms with Gasteiger partial charge in [0.05, 0.1) is 0 Å². The molecule has 14 N–H and O–H groups in total. The Labute approximate surface area is 363 Å². The van der Waals surface area contributed by atoms with Gasteiger partial charge in [0, 0.05) is 74.8 Å². The molecule has 2 rings (SSSR count). The smallest absolute Gasteiger partial charge is 0.224 e. The largest absolute Gasteiger partial charge is 0.326 e. The van der Waals surface area contributed by atoms with Gasteiger partial charge in [-0.15, -0.1) is 49.6 Å². The van der Waals surface area contributed by atoms with Crippen LogP contribution in [0.3, 0.4) is 0 Å². The Morgan fingerprint density at radius 2 is 0.690 bits per heavy atom. The second-order valence-corrected chi connectivity index (χ2v) is 11.5. The van der Waals surface area contributed by atoms with Crippen LogP contribution in [0.2, 0.25) is 0 Å². The molecule has 58 heavy (non-hydrogen) atoms. The van der Waals surface area contributed by atoms with Crippen LogP contribution in [0.1, 0.15) is 73.6 Å². The zero-order chi connectivity index (χ0) is 38.9. The van der Waals surface area contributed by atoms with Crippen molar-refractivity contribution in [3.8, 4) is 0 Å². The lowest BCUT2D eigenvalue weighted by Gasteiger charge is -2.10. The minimum Gasteiger partial charge on any atom is -0.326 e. The summed E-state index contributed by atoms with van der Waals surface area (Å²) in [7, 11) is 0. The maximum absolute atomic E-state index is 12.8. The van der Waals surface area contributed by atoms with Crippen molar-refractivity contribution in [3.05, 3.63) is 58.7 Å². The third-order valence-corrected chi connectivity index (χ3v) is 7.23. The van der Waals surface area contributed by atoms with Gasteiger partial charge in [-0.2, -0.15) is 40.8 Å². The molecule has 20 nitrogen and oxygen atoms in total. The highest BCUT2D eigenvalue weighted by Crippen LogP contribution is 2.19. The first-order chi connectivity index (χ1) is 26.5. The van der Waals surface area contributed by atoms with E-state index in [0.29, 0.717) is 49.9 Å². The number of hydrogen-bond donors (Lipinski definition) is 10. The summed E-state index contributed by atoms with van der Waals surface area (Å²) in [6.45, 7) is 0. The number of carbonyl (C=O) groups excluding carboxylic acids is 2. The molecule has 0 aromatic heterocycles. The van der Waals surface area contributed by atoms with Gasteiger partial charge in [-0.25, -0.2) is 0 Å². The van der Waals surface area contributed by atoms with E-state index >= 15 is 0 Å². The molecule has 0 radical (unpaired) electrons. The van der Waals surface area contributed by atoms with E-state index in [1.54, 1.807) is 24.9 Å². The molecule has 2 aromatic carbocycles. The lowest BCUT2D eigenvalue weighted by atomic mass is 10.0. The Hall–Kier alpha value is -5.70. The van der Waals surface area contributed by atoms with E-state index in [1.165, 1.54) is 25.4 Å². The monoisotopic (exact) mass is 888 g/mol. The highest BCUT2D eigenvalue weighted by molar-refractivity contribution is 5.92. The highest BCUT2D eigenvalue weighted by Gasteiger charge is 2.08. The predicted molar refractivity (Wildman–Crippen MR) is 248 cm³/mol. The summed E-state index contributed by atoms with van der Waals surface area (Å²) in [5.74, 6) is 20.1. The Kier molecular flexibility index (Phi) is 37.3. The molecule has 0 unspecified atom stereocenters. The summed E-state index contributed by atoms with van der Waals surface area (Å²) >= 11 is 0. The van der Waals surface area contributed by atoms with E-state index in [1.807, 2.05) is 36.4 Å². The lowest BCUT2D eigenvalue weighted by molar-refractivity contribution is -0.117. The van der Waals surface area contributed by atoms with Crippen molar-refractivity contribution in [2.45, 2.75) is 77.0 Å². The molecule has 322 valence electrons. The van der Waals surface area contributed by atoms with Crippen LogP contribution < -0.4 is 55.7 Å². The molecular weight excluding hydrogens is 834 g/mol. The summed E-state index contributed by atoms with van der Waals surface area (Å²) in [4.78, 5) is 25.5. The average molecular weight is 891 g/mol. The number of nitrogens with two attached hydrogens (primary N) is 4. The molecule has 0 aliphatic heterocycles. The minimum absolute atomic E-state index is 0. The van der Waals surface area contributed by atoms with Crippen molar-refractivity contribution in [2.75, 3.05) is 10.6 Å². The number of unbranched alkanes of at least 4 members (excludes halogenated alkanes) is 5. The SMILES string of the molecule is Cl.Cl.Cl.Cl.NN=CNN=CCc1cc(CC=NNC=NN)cc(NC(=O)CCCCCCCCC(=O)Nc2cc(CC=NNC=NN)cc(CC=NNC=NN)c2)c1. The number of hydrogen-bond acceptors (Lipinski definition) is 14. The van der Waals surface area contributed by atoms with E-state index < -0.39 is 0 Å². The maximum atomic E-state index is 12.8. The van der Waals surface area contributed by atoms with Crippen molar-refractivity contribution in [1.29, 1.82) is 0 Å². The molecule has 2 aromatic rings. The third-order valence-electron chi connectivity index (χ3n) is 7.23. The first-order valence-corrected chi connectivity index (χ1v) is 17.3. The summed E-state index contributed by atoms with van der Waals surface area (Å²) in [6, 6.07) is 11.7. The number of halogens is 4. The second kappa shape index (κ2) is 38.2. The second-order valence-electron chi connectivity index (χ2n) is 11.5. The Morgan fingerprint density at radius 3 is 0.948 bits per heavy atom. The van der Waals surface area contributed by atoms with E-state index in [0.717, 1.165) is 60.8 Å². The number of nitrogens with one attached hydrogen (secondary N) is 6. The number of carbonyl (C=O) groups is 2. The molecule has 0 saturated heterocycles. The predicted octanol–water partition coefficient (Wildman–Crippen LogP) is 3.15. The molecule has 0 heterocycles. The van der Waals surface area contributed by atoms with Gasteiger partial charge in [-0.3, -0.25) is 31.3 Å². The zero-order valence-corrected chi connectivity index (χ0v) is 35.2. The number of rotatable bonds is 27. The molecule has 0 spiro atoms. The number of nitrogens with zero attached hydrogens (tertiary/aromatic N) is 8. The maximum Gasteiger partial charge on any atom is 0.224 e. The summed E-state index contributed by atoms with van der Waals surface area (Å²) in [5.41, 5.74) is 15.6. The van der Waals surface area contributed by atoms with Crippen LogP contribution in [0.5, 0.6) is 0 Å². The first kappa shape index (κ1) is 56.6. The van der Waals surface area contributed by atoms with Gasteiger partial charge in [0.2, 0.25) is 11.8 Å². The molecule has 2 amide bonds. The van der Waals surface area contributed by atoms with Gasteiger partial charge in [-0.1, -0.05) is 37.8 Å². The number of anilines is 2. The summed E-state index contributed by atoms with van der Waals surface area (Å²) < 4.78 is 0. The Bertz CT molecular complexity index is 1450. The number of benzene rings is 2. The molecule has 24 heteroatoms.